The number of rotatable bonds is 6. The van der Waals surface area contributed by atoms with E-state index in [4.69, 9.17) is 0 Å². The molecule has 2 aliphatic heterocycles. The summed E-state index contributed by atoms with van der Waals surface area (Å²) in [6, 6.07) is 25.7. The Hall–Kier alpha value is -2.82. The van der Waals surface area contributed by atoms with Crippen LogP contribution in [0.3, 0.4) is 0 Å². The Morgan fingerprint density at radius 1 is 0.909 bits per heavy atom. The third-order valence-electron chi connectivity index (χ3n) is 6.99. The highest BCUT2D eigenvalue weighted by molar-refractivity contribution is 5.88. The number of aryl methyl sites for hydroxylation is 3. The van der Waals surface area contributed by atoms with Crippen LogP contribution in [0.5, 0.6) is 0 Å². The number of aromatic carboxylic acids is 1. The van der Waals surface area contributed by atoms with Crippen molar-refractivity contribution in [2.45, 2.75) is 38.3 Å². The Bertz CT molecular complexity index is 1100. The molecule has 0 aromatic heterocycles. The van der Waals surface area contributed by atoms with Gasteiger partial charge in [-0.05, 0) is 66.1 Å². The highest BCUT2D eigenvalue weighted by Crippen LogP contribution is 2.34. The molecule has 1 atom stereocenters. The van der Waals surface area contributed by atoms with Crippen LogP contribution < -0.4 is 4.90 Å². The van der Waals surface area contributed by atoms with Gasteiger partial charge in [0, 0.05) is 37.9 Å². The summed E-state index contributed by atoms with van der Waals surface area (Å²) in [6.07, 6.45) is 4.19. The molecule has 1 saturated heterocycles. The maximum Gasteiger partial charge on any atom is 0.335 e. The lowest BCUT2D eigenvalue weighted by Gasteiger charge is -2.46. The van der Waals surface area contributed by atoms with Crippen molar-refractivity contribution in [2.75, 3.05) is 24.5 Å². The van der Waals surface area contributed by atoms with Crippen LogP contribution in [0.2, 0.25) is 0 Å². The smallest absolute Gasteiger partial charge is 0.335 e. The second kappa shape index (κ2) is 10.4. The van der Waals surface area contributed by atoms with E-state index in [1.807, 2.05) is 12.1 Å². The maximum atomic E-state index is 11.3. The summed E-state index contributed by atoms with van der Waals surface area (Å²) in [5.74, 6) is -0.842. The van der Waals surface area contributed by atoms with Crippen LogP contribution >= 0.6 is 12.4 Å². The average Bonchev–Trinajstić information content (AvgIpc) is 2.83. The van der Waals surface area contributed by atoms with Crippen LogP contribution in [0.1, 0.15) is 39.0 Å². The molecular weight excluding hydrogens is 432 g/mol. The number of anilines is 1. The van der Waals surface area contributed by atoms with Gasteiger partial charge in [0.1, 0.15) is 0 Å². The van der Waals surface area contributed by atoms with Crippen molar-refractivity contribution in [2.24, 2.45) is 0 Å². The Morgan fingerprint density at radius 2 is 1.67 bits per heavy atom. The molecule has 172 valence electrons. The maximum absolute atomic E-state index is 11.3. The van der Waals surface area contributed by atoms with E-state index in [0.717, 1.165) is 51.9 Å². The van der Waals surface area contributed by atoms with E-state index in [2.05, 4.69) is 64.4 Å². The normalized spacial score (nSPS) is 17.6. The molecule has 0 amide bonds. The summed E-state index contributed by atoms with van der Waals surface area (Å²) in [7, 11) is 0. The minimum Gasteiger partial charge on any atom is -0.478 e. The average molecular weight is 463 g/mol. The molecule has 2 aliphatic rings. The van der Waals surface area contributed by atoms with Crippen LogP contribution in [0, 0.1) is 0 Å². The molecular formula is C28H31ClN2O2. The first-order chi connectivity index (χ1) is 15.7. The van der Waals surface area contributed by atoms with E-state index in [-0.39, 0.29) is 12.4 Å². The molecule has 0 aliphatic carbocycles. The van der Waals surface area contributed by atoms with Crippen molar-refractivity contribution in [1.82, 2.24) is 4.90 Å². The number of carboxylic acids is 1. The third kappa shape index (κ3) is 5.23. The van der Waals surface area contributed by atoms with Gasteiger partial charge in [-0.15, -0.1) is 12.4 Å². The van der Waals surface area contributed by atoms with Crippen molar-refractivity contribution in [3.05, 3.63) is 101 Å². The van der Waals surface area contributed by atoms with Gasteiger partial charge >= 0.3 is 5.97 Å². The van der Waals surface area contributed by atoms with Crippen LogP contribution in [0.4, 0.5) is 5.69 Å². The zero-order valence-electron chi connectivity index (χ0n) is 18.8. The van der Waals surface area contributed by atoms with Crippen LogP contribution in [-0.4, -0.2) is 41.7 Å². The number of benzene rings is 3. The lowest BCUT2D eigenvalue weighted by molar-refractivity contribution is 0.0696. The summed E-state index contributed by atoms with van der Waals surface area (Å²) in [5.41, 5.74) is 7.10. The third-order valence-corrected chi connectivity index (χ3v) is 6.99. The molecule has 3 aromatic carbocycles. The second-order valence-corrected chi connectivity index (χ2v) is 9.02. The number of carbonyl (C=O) groups is 1. The number of hydrogen-bond donors (Lipinski definition) is 1. The summed E-state index contributed by atoms with van der Waals surface area (Å²) < 4.78 is 0. The standard InChI is InChI=1S/C28H30N2O2.ClH/c31-28(32)24-13-15-27-23(18-24)12-14-26-20-29(16-17-30(26)27)19-25-9-5-4-8-22(25)11-10-21-6-2-1-3-7-21;/h1-9,13,15,18,26H,10-12,14,16-17,19-20H2,(H,31,32);1H/t26-;/m0./s1. The molecule has 5 rings (SSSR count). The van der Waals surface area contributed by atoms with Gasteiger partial charge in [-0.3, -0.25) is 4.90 Å². The Kier molecular flexibility index (Phi) is 7.36. The second-order valence-electron chi connectivity index (χ2n) is 9.02. The van der Waals surface area contributed by atoms with Gasteiger partial charge in [-0.2, -0.15) is 0 Å². The van der Waals surface area contributed by atoms with E-state index >= 15 is 0 Å². The first-order valence-corrected chi connectivity index (χ1v) is 11.6. The fraction of sp³-hybridized carbons (Fsp3) is 0.321. The molecule has 1 N–H and O–H groups in total. The minimum absolute atomic E-state index is 0. The quantitative estimate of drug-likeness (QED) is 0.544. The lowest BCUT2D eigenvalue weighted by atomic mass is 9.92. The van der Waals surface area contributed by atoms with Gasteiger partial charge in [0.2, 0.25) is 0 Å². The van der Waals surface area contributed by atoms with E-state index in [1.54, 1.807) is 6.07 Å². The highest BCUT2D eigenvalue weighted by atomic mass is 35.5. The zero-order chi connectivity index (χ0) is 21.9. The summed E-state index contributed by atoms with van der Waals surface area (Å²) in [4.78, 5) is 16.4. The topological polar surface area (TPSA) is 43.8 Å². The molecule has 33 heavy (non-hydrogen) atoms. The van der Waals surface area contributed by atoms with Gasteiger partial charge in [0.05, 0.1) is 5.56 Å². The summed E-state index contributed by atoms with van der Waals surface area (Å²) in [5, 5.41) is 9.30. The molecule has 0 radical (unpaired) electrons. The number of carboxylic acid groups (broad SMARTS) is 1. The first kappa shape index (κ1) is 23.3. The highest BCUT2D eigenvalue weighted by Gasteiger charge is 2.32. The fourth-order valence-electron chi connectivity index (χ4n) is 5.27. The van der Waals surface area contributed by atoms with Crippen LogP contribution in [-0.2, 0) is 25.8 Å². The van der Waals surface area contributed by atoms with Crippen LogP contribution in [0.15, 0.2) is 72.8 Å². The van der Waals surface area contributed by atoms with E-state index in [9.17, 15) is 9.90 Å². The number of fused-ring (bicyclic) bond motifs is 3. The molecule has 5 heteroatoms. The molecule has 0 unspecified atom stereocenters. The predicted octanol–water partition coefficient (Wildman–Crippen LogP) is 5.23. The van der Waals surface area contributed by atoms with Crippen molar-refractivity contribution in [3.63, 3.8) is 0 Å². The van der Waals surface area contributed by atoms with Crippen molar-refractivity contribution >= 4 is 24.1 Å². The number of piperazine rings is 1. The molecule has 1 fully saturated rings. The Morgan fingerprint density at radius 3 is 2.45 bits per heavy atom. The first-order valence-electron chi connectivity index (χ1n) is 11.6. The van der Waals surface area contributed by atoms with Gasteiger partial charge in [-0.25, -0.2) is 4.79 Å². The molecule has 3 aromatic rings. The fourth-order valence-corrected chi connectivity index (χ4v) is 5.27. The minimum atomic E-state index is -0.842. The predicted molar refractivity (Wildman–Crippen MR) is 136 cm³/mol. The van der Waals surface area contributed by atoms with Crippen LogP contribution in [0.25, 0.3) is 0 Å². The van der Waals surface area contributed by atoms with Gasteiger partial charge in [-0.1, -0.05) is 54.6 Å². The van der Waals surface area contributed by atoms with E-state index in [1.165, 1.54) is 27.9 Å². The number of halogens is 1. The Labute approximate surface area is 202 Å². The van der Waals surface area contributed by atoms with Crippen molar-refractivity contribution in [3.8, 4) is 0 Å². The molecule has 4 nitrogen and oxygen atoms in total. The lowest BCUT2D eigenvalue weighted by Crippen LogP contribution is -2.54. The number of nitrogens with zero attached hydrogens (tertiary/aromatic N) is 2. The van der Waals surface area contributed by atoms with Gasteiger partial charge in [0.15, 0.2) is 0 Å². The summed E-state index contributed by atoms with van der Waals surface area (Å²) >= 11 is 0. The van der Waals surface area contributed by atoms with Crippen molar-refractivity contribution in [1.29, 1.82) is 0 Å². The van der Waals surface area contributed by atoms with E-state index in [0.29, 0.717) is 11.6 Å². The van der Waals surface area contributed by atoms with Gasteiger partial charge < -0.3 is 10.0 Å². The monoisotopic (exact) mass is 462 g/mol. The van der Waals surface area contributed by atoms with Gasteiger partial charge in [0.25, 0.3) is 0 Å². The molecule has 0 spiro atoms. The largest absolute Gasteiger partial charge is 0.478 e. The zero-order valence-corrected chi connectivity index (χ0v) is 19.6. The van der Waals surface area contributed by atoms with E-state index < -0.39 is 5.97 Å². The number of hydrogen-bond acceptors (Lipinski definition) is 3. The molecule has 2 heterocycles. The molecule has 0 bridgehead atoms. The Balaban J connectivity index is 0.00000259. The van der Waals surface area contributed by atoms with Crippen molar-refractivity contribution < 1.29 is 9.90 Å². The molecule has 0 saturated carbocycles. The summed E-state index contributed by atoms with van der Waals surface area (Å²) in [6.45, 7) is 4.09. The SMILES string of the molecule is Cl.O=C(O)c1ccc2c(c1)CC[C@H]1CN(Cc3ccccc3CCc3ccccc3)CCN21.